The lowest BCUT2D eigenvalue weighted by molar-refractivity contribution is -0.141. The number of pyridine rings is 1. The quantitative estimate of drug-likeness (QED) is 0.683. The number of nitrogen functional groups attached to an aromatic ring is 1. The summed E-state index contributed by atoms with van der Waals surface area (Å²) < 4.78 is 53.1. The van der Waals surface area contributed by atoms with Gasteiger partial charge in [-0.25, -0.2) is 9.37 Å². The zero-order valence-corrected chi connectivity index (χ0v) is 13.9. The smallest absolute Gasteiger partial charge is 0.383 e. The van der Waals surface area contributed by atoms with E-state index in [0.29, 0.717) is 0 Å². The molecule has 1 amide bonds. The van der Waals surface area contributed by atoms with E-state index >= 15 is 0 Å². The Balaban J connectivity index is 1.88. The molecule has 140 valence electrons. The molecule has 0 aliphatic carbocycles. The Morgan fingerprint density at radius 2 is 1.89 bits per heavy atom. The van der Waals surface area contributed by atoms with Gasteiger partial charge in [0.1, 0.15) is 17.5 Å². The van der Waals surface area contributed by atoms with Crippen molar-refractivity contribution in [1.82, 2.24) is 14.8 Å². The van der Waals surface area contributed by atoms with Crippen LogP contribution < -0.4 is 11.1 Å². The molecule has 1 aromatic carbocycles. The summed E-state index contributed by atoms with van der Waals surface area (Å²) in [4.78, 5) is 16.1. The molecule has 0 radical (unpaired) electrons. The first-order chi connectivity index (χ1) is 12.7. The number of rotatable bonds is 3. The van der Waals surface area contributed by atoms with Gasteiger partial charge in [0, 0.05) is 12.6 Å². The number of aromatic nitrogens is 3. The van der Waals surface area contributed by atoms with Gasteiger partial charge in [0.2, 0.25) is 0 Å². The van der Waals surface area contributed by atoms with Crippen LogP contribution in [0.3, 0.4) is 0 Å². The average Bonchev–Trinajstić information content (AvgIpc) is 2.97. The Hall–Kier alpha value is -3.43. The molecular formula is C17H13F4N5O. The highest BCUT2D eigenvalue weighted by Crippen LogP contribution is 2.33. The Morgan fingerprint density at radius 3 is 2.48 bits per heavy atom. The van der Waals surface area contributed by atoms with Crippen LogP contribution in [0.5, 0.6) is 0 Å². The van der Waals surface area contributed by atoms with Crippen molar-refractivity contribution in [2.75, 3.05) is 11.1 Å². The maximum atomic E-state index is 13.6. The molecule has 0 aliphatic heterocycles. The van der Waals surface area contributed by atoms with Gasteiger partial charge in [0.05, 0.1) is 11.3 Å². The fraction of sp³-hybridized carbons (Fsp3) is 0.118. The first kappa shape index (κ1) is 18.4. The number of hydrogen-bond donors (Lipinski definition) is 2. The van der Waals surface area contributed by atoms with Crippen LogP contribution >= 0.6 is 0 Å². The number of amides is 1. The van der Waals surface area contributed by atoms with Gasteiger partial charge in [-0.3, -0.25) is 9.48 Å². The average molecular weight is 379 g/mol. The molecule has 0 aliphatic rings. The lowest BCUT2D eigenvalue weighted by Crippen LogP contribution is -2.15. The van der Waals surface area contributed by atoms with Crippen molar-refractivity contribution in [2.24, 2.45) is 7.05 Å². The first-order valence-electron chi connectivity index (χ1n) is 7.61. The minimum absolute atomic E-state index is 0.0303. The highest BCUT2D eigenvalue weighted by molar-refractivity contribution is 6.04. The van der Waals surface area contributed by atoms with Gasteiger partial charge in [0.15, 0.2) is 5.69 Å². The van der Waals surface area contributed by atoms with E-state index in [1.54, 1.807) is 0 Å². The molecular weight excluding hydrogens is 366 g/mol. The topological polar surface area (TPSA) is 85.8 Å². The lowest BCUT2D eigenvalue weighted by atomic mass is 10.1. The fourth-order valence-electron chi connectivity index (χ4n) is 2.45. The van der Waals surface area contributed by atoms with Crippen LogP contribution in [0.4, 0.5) is 29.2 Å². The molecule has 3 rings (SSSR count). The maximum Gasteiger partial charge on any atom is 0.435 e. The number of nitrogens with two attached hydrogens (primary N) is 1. The zero-order chi connectivity index (χ0) is 19.8. The van der Waals surface area contributed by atoms with Crippen LogP contribution in [0.15, 0.2) is 42.5 Å². The summed E-state index contributed by atoms with van der Waals surface area (Å²) in [5.74, 6) is -1.51. The number of carbonyl (C=O) groups excluding carboxylic acids is 1. The summed E-state index contributed by atoms with van der Waals surface area (Å²) >= 11 is 0. The van der Waals surface area contributed by atoms with Crippen molar-refractivity contribution >= 4 is 17.5 Å². The number of anilines is 2. The van der Waals surface area contributed by atoms with Crippen molar-refractivity contribution in [1.29, 1.82) is 0 Å². The Morgan fingerprint density at radius 1 is 1.19 bits per heavy atom. The van der Waals surface area contributed by atoms with Gasteiger partial charge in [-0.15, -0.1) is 0 Å². The van der Waals surface area contributed by atoms with Gasteiger partial charge in [-0.2, -0.15) is 18.3 Å². The largest absolute Gasteiger partial charge is 0.435 e. The van der Waals surface area contributed by atoms with Crippen molar-refractivity contribution in [3.63, 3.8) is 0 Å². The highest BCUT2D eigenvalue weighted by Gasteiger charge is 2.35. The van der Waals surface area contributed by atoms with Crippen LogP contribution in [0.1, 0.15) is 16.1 Å². The molecule has 0 bridgehead atoms. The van der Waals surface area contributed by atoms with E-state index in [4.69, 9.17) is 5.73 Å². The van der Waals surface area contributed by atoms with Crippen LogP contribution in [-0.2, 0) is 13.2 Å². The predicted molar refractivity (Wildman–Crippen MR) is 90.2 cm³/mol. The van der Waals surface area contributed by atoms with Crippen molar-refractivity contribution in [3.05, 3.63) is 59.5 Å². The lowest BCUT2D eigenvalue weighted by Gasteiger charge is -2.09. The van der Waals surface area contributed by atoms with Crippen LogP contribution in [0, 0.1) is 5.82 Å². The molecule has 0 saturated carbocycles. The normalized spacial score (nSPS) is 11.4. The summed E-state index contributed by atoms with van der Waals surface area (Å²) in [6.07, 6.45) is -4.59. The third kappa shape index (κ3) is 3.73. The van der Waals surface area contributed by atoms with Crippen molar-refractivity contribution in [3.8, 4) is 11.3 Å². The summed E-state index contributed by atoms with van der Waals surface area (Å²) in [6.45, 7) is 0. The second-order valence-corrected chi connectivity index (χ2v) is 5.60. The number of nitrogens with zero attached hydrogens (tertiary/aromatic N) is 3. The molecule has 0 spiro atoms. The third-order valence-electron chi connectivity index (χ3n) is 3.73. The molecule has 2 aromatic heterocycles. The van der Waals surface area contributed by atoms with Gasteiger partial charge >= 0.3 is 6.18 Å². The molecule has 6 nitrogen and oxygen atoms in total. The summed E-state index contributed by atoms with van der Waals surface area (Å²) in [5, 5.41) is 5.81. The number of carbonyl (C=O) groups is 1. The molecule has 3 aromatic rings. The second kappa shape index (κ2) is 6.71. The standard InChI is InChI=1S/C17H13F4N5O/c1-26-12(8-13(25-26)17(19,20)21)10-6-7-14(23-15(10)22)24-16(27)9-4-2-3-5-11(9)18/h2-8H,1H3,(H3,22,23,24,27). The van der Waals surface area contributed by atoms with E-state index in [-0.39, 0.29) is 28.5 Å². The first-order valence-corrected chi connectivity index (χ1v) is 7.61. The van der Waals surface area contributed by atoms with Crippen LogP contribution in [0.2, 0.25) is 0 Å². The monoisotopic (exact) mass is 379 g/mol. The number of alkyl halides is 3. The van der Waals surface area contributed by atoms with Crippen molar-refractivity contribution < 1.29 is 22.4 Å². The molecule has 3 N–H and O–H groups in total. The third-order valence-corrected chi connectivity index (χ3v) is 3.73. The SMILES string of the molecule is Cn1nc(C(F)(F)F)cc1-c1ccc(NC(=O)c2ccccc2F)nc1N. The number of hydrogen-bond acceptors (Lipinski definition) is 4. The van der Waals surface area contributed by atoms with E-state index < -0.39 is 23.6 Å². The number of nitrogens with one attached hydrogen (secondary N) is 1. The Bertz CT molecular complexity index is 1010. The number of aryl methyl sites for hydroxylation is 1. The molecule has 0 saturated heterocycles. The summed E-state index contributed by atoms with van der Waals surface area (Å²) in [6, 6.07) is 8.99. The molecule has 0 unspecified atom stereocenters. The highest BCUT2D eigenvalue weighted by atomic mass is 19.4. The number of halogens is 4. The van der Waals surface area contributed by atoms with Crippen molar-refractivity contribution in [2.45, 2.75) is 6.18 Å². The van der Waals surface area contributed by atoms with Gasteiger partial charge < -0.3 is 11.1 Å². The maximum absolute atomic E-state index is 13.6. The summed E-state index contributed by atoms with van der Waals surface area (Å²) in [7, 11) is 1.35. The van der Waals surface area contributed by atoms with E-state index in [9.17, 15) is 22.4 Å². The minimum Gasteiger partial charge on any atom is -0.383 e. The number of benzene rings is 1. The van der Waals surface area contributed by atoms with E-state index in [1.807, 2.05) is 0 Å². The molecule has 2 heterocycles. The van der Waals surface area contributed by atoms with Gasteiger partial charge in [-0.05, 0) is 30.3 Å². The molecule has 0 fully saturated rings. The predicted octanol–water partition coefficient (Wildman–Crippen LogP) is 3.47. The van der Waals surface area contributed by atoms with Gasteiger partial charge in [0.25, 0.3) is 5.91 Å². The summed E-state index contributed by atoms with van der Waals surface area (Å²) in [5.41, 5.74) is 4.91. The van der Waals surface area contributed by atoms with Crippen LogP contribution in [-0.4, -0.2) is 20.7 Å². The van der Waals surface area contributed by atoms with E-state index in [1.165, 1.54) is 37.4 Å². The molecule has 0 atom stereocenters. The molecule has 10 heteroatoms. The second-order valence-electron chi connectivity index (χ2n) is 5.60. The fourth-order valence-corrected chi connectivity index (χ4v) is 2.45. The Labute approximate surface area is 150 Å². The van der Waals surface area contributed by atoms with Gasteiger partial charge in [-0.1, -0.05) is 12.1 Å². The minimum atomic E-state index is -4.59. The van der Waals surface area contributed by atoms with E-state index in [0.717, 1.165) is 16.8 Å². The molecule has 27 heavy (non-hydrogen) atoms. The van der Waals surface area contributed by atoms with Crippen LogP contribution in [0.25, 0.3) is 11.3 Å². The van der Waals surface area contributed by atoms with E-state index in [2.05, 4.69) is 15.4 Å². The Kier molecular flexibility index (Phi) is 4.56. The zero-order valence-electron chi connectivity index (χ0n) is 13.9.